The number of benzene rings is 1. The Bertz CT molecular complexity index is 440. The first-order chi connectivity index (χ1) is 9.13. The second kappa shape index (κ2) is 6.20. The molecule has 0 bridgehead atoms. The van der Waals surface area contributed by atoms with Gasteiger partial charge in [-0.15, -0.1) is 0 Å². The lowest BCUT2D eigenvalue weighted by Gasteiger charge is -2.27. The van der Waals surface area contributed by atoms with Crippen LogP contribution < -0.4 is 5.73 Å². The maximum absolute atomic E-state index is 12.2. The van der Waals surface area contributed by atoms with Crippen LogP contribution in [0.25, 0.3) is 0 Å². The number of nitrogens with zero attached hydrogens (tertiary/aromatic N) is 1. The van der Waals surface area contributed by atoms with Gasteiger partial charge >= 0.3 is 0 Å². The Balaban J connectivity index is 1.88. The summed E-state index contributed by atoms with van der Waals surface area (Å²) in [5.74, 6) is 0.850. The molecule has 3 nitrogen and oxygen atoms in total. The van der Waals surface area contributed by atoms with Gasteiger partial charge in [-0.1, -0.05) is 24.3 Å². The third-order valence-electron chi connectivity index (χ3n) is 4.17. The standard InChI is InChI=1S/C16H24N2O/c1-12-5-3-4-6-13(12)9-10-16(19)18(2)15(11-17)14-7-8-14/h3-6,14-15H,7-11,17H2,1-2H3. The largest absolute Gasteiger partial charge is 0.341 e. The molecule has 1 fully saturated rings. The van der Waals surface area contributed by atoms with E-state index in [1.165, 1.54) is 24.0 Å². The van der Waals surface area contributed by atoms with E-state index in [0.717, 1.165) is 6.42 Å². The highest BCUT2D eigenvalue weighted by Gasteiger charge is 2.34. The van der Waals surface area contributed by atoms with E-state index in [1.54, 1.807) is 0 Å². The van der Waals surface area contributed by atoms with Crippen LogP contribution in [-0.4, -0.2) is 30.4 Å². The summed E-state index contributed by atoms with van der Waals surface area (Å²) in [5.41, 5.74) is 8.31. The fourth-order valence-corrected chi connectivity index (χ4v) is 2.64. The van der Waals surface area contributed by atoms with Gasteiger partial charge in [0.15, 0.2) is 0 Å². The summed E-state index contributed by atoms with van der Waals surface area (Å²) in [4.78, 5) is 14.1. The second-order valence-electron chi connectivity index (χ2n) is 5.57. The molecule has 1 aromatic carbocycles. The number of amides is 1. The van der Waals surface area contributed by atoms with Crippen molar-refractivity contribution in [2.75, 3.05) is 13.6 Å². The van der Waals surface area contributed by atoms with E-state index in [-0.39, 0.29) is 11.9 Å². The molecule has 1 unspecified atom stereocenters. The predicted molar refractivity (Wildman–Crippen MR) is 77.8 cm³/mol. The van der Waals surface area contributed by atoms with Crippen molar-refractivity contribution in [3.8, 4) is 0 Å². The van der Waals surface area contributed by atoms with Crippen LogP contribution in [0.15, 0.2) is 24.3 Å². The molecule has 1 atom stereocenters. The van der Waals surface area contributed by atoms with E-state index in [1.807, 2.05) is 24.1 Å². The van der Waals surface area contributed by atoms with E-state index >= 15 is 0 Å². The van der Waals surface area contributed by atoms with Crippen molar-refractivity contribution >= 4 is 5.91 Å². The minimum atomic E-state index is 0.214. The molecule has 0 aromatic heterocycles. The molecular weight excluding hydrogens is 236 g/mol. The van der Waals surface area contributed by atoms with Crippen LogP contribution in [0.2, 0.25) is 0 Å². The highest BCUT2D eigenvalue weighted by Crippen LogP contribution is 2.34. The lowest BCUT2D eigenvalue weighted by Crippen LogP contribution is -2.43. The van der Waals surface area contributed by atoms with Gasteiger partial charge in [0.1, 0.15) is 0 Å². The number of nitrogens with two attached hydrogens (primary N) is 1. The fourth-order valence-electron chi connectivity index (χ4n) is 2.64. The molecule has 1 saturated carbocycles. The Morgan fingerprint density at radius 1 is 1.42 bits per heavy atom. The molecule has 3 heteroatoms. The Labute approximate surface area is 115 Å². The molecule has 0 heterocycles. The summed E-state index contributed by atoms with van der Waals surface area (Å²) in [6.07, 6.45) is 3.83. The summed E-state index contributed by atoms with van der Waals surface area (Å²) < 4.78 is 0. The first-order valence-corrected chi connectivity index (χ1v) is 7.13. The van der Waals surface area contributed by atoms with Gasteiger partial charge in [0.05, 0.1) is 0 Å². The number of aryl methyl sites for hydroxylation is 2. The minimum absolute atomic E-state index is 0.214. The summed E-state index contributed by atoms with van der Waals surface area (Å²) in [7, 11) is 1.90. The molecular formula is C16H24N2O. The monoisotopic (exact) mass is 260 g/mol. The summed E-state index contributed by atoms with van der Waals surface area (Å²) in [5, 5.41) is 0. The zero-order valence-corrected chi connectivity index (χ0v) is 11.9. The molecule has 0 radical (unpaired) electrons. The summed E-state index contributed by atoms with van der Waals surface area (Å²) >= 11 is 0. The van der Waals surface area contributed by atoms with Crippen LogP contribution in [0.4, 0.5) is 0 Å². The smallest absolute Gasteiger partial charge is 0.222 e. The van der Waals surface area contributed by atoms with Gasteiger partial charge in [-0.3, -0.25) is 4.79 Å². The zero-order valence-electron chi connectivity index (χ0n) is 11.9. The van der Waals surface area contributed by atoms with Gasteiger partial charge in [-0.2, -0.15) is 0 Å². The molecule has 1 aliphatic carbocycles. The third kappa shape index (κ3) is 3.57. The fraction of sp³-hybridized carbons (Fsp3) is 0.562. The normalized spacial score (nSPS) is 16.2. The number of rotatable bonds is 6. The number of carbonyl (C=O) groups is 1. The van der Waals surface area contributed by atoms with Crippen LogP contribution in [0.3, 0.4) is 0 Å². The Morgan fingerprint density at radius 3 is 2.68 bits per heavy atom. The average Bonchev–Trinajstić information content (AvgIpc) is 3.23. The Kier molecular flexibility index (Phi) is 4.59. The van der Waals surface area contributed by atoms with E-state index < -0.39 is 0 Å². The van der Waals surface area contributed by atoms with Crippen molar-refractivity contribution in [2.45, 2.75) is 38.6 Å². The lowest BCUT2D eigenvalue weighted by atomic mass is 10.0. The van der Waals surface area contributed by atoms with Crippen molar-refractivity contribution < 1.29 is 4.79 Å². The van der Waals surface area contributed by atoms with Crippen LogP contribution >= 0.6 is 0 Å². The van der Waals surface area contributed by atoms with Gasteiger partial charge in [0.25, 0.3) is 0 Å². The van der Waals surface area contributed by atoms with Crippen molar-refractivity contribution in [1.82, 2.24) is 4.90 Å². The van der Waals surface area contributed by atoms with E-state index in [0.29, 0.717) is 18.9 Å². The quantitative estimate of drug-likeness (QED) is 0.851. The first kappa shape index (κ1) is 14.1. The number of likely N-dealkylation sites (N-methyl/N-ethyl adjacent to an activating group) is 1. The molecule has 0 spiro atoms. The van der Waals surface area contributed by atoms with Crippen molar-refractivity contribution in [3.63, 3.8) is 0 Å². The minimum Gasteiger partial charge on any atom is -0.341 e. The number of carbonyl (C=O) groups excluding carboxylic acids is 1. The molecule has 0 aliphatic heterocycles. The molecule has 2 N–H and O–H groups in total. The average molecular weight is 260 g/mol. The molecule has 2 rings (SSSR count). The van der Waals surface area contributed by atoms with Crippen LogP contribution in [-0.2, 0) is 11.2 Å². The van der Waals surface area contributed by atoms with Crippen LogP contribution in [0.1, 0.15) is 30.4 Å². The maximum Gasteiger partial charge on any atom is 0.222 e. The van der Waals surface area contributed by atoms with Gasteiger partial charge < -0.3 is 10.6 Å². The third-order valence-corrected chi connectivity index (χ3v) is 4.17. The van der Waals surface area contributed by atoms with Crippen molar-refractivity contribution in [3.05, 3.63) is 35.4 Å². The SMILES string of the molecule is Cc1ccccc1CCC(=O)N(C)C(CN)C1CC1. The van der Waals surface area contributed by atoms with Gasteiger partial charge in [0, 0.05) is 26.1 Å². The van der Waals surface area contributed by atoms with Gasteiger partial charge in [-0.05, 0) is 43.2 Å². The summed E-state index contributed by atoms with van der Waals surface area (Å²) in [6.45, 7) is 2.67. The lowest BCUT2D eigenvalue weighted by molar-refractivity contribution is -0.132. The van der Waals surface area contributed by atoms with Crippen molar-refractivity contribution in [1.29, 1.82) is 0 Å². The molecule has 19 heavy (non-hydrogen) atoms. The van der Waals surface area contributed by atoms with E-state index in [4.69, 9.17) is 5.73 Å². The summed E-state index contributed by atoms with van der Waals surface area (Å²) in [6, 6.07) is 8.50. The van der Waals surface area contributed by atoms with Gasteiger partial charge in [-0.25, -0.2) is 0 Å². The van der Waals surface area contributed by atoms with Crippen LogP contribution in [0, 0.1) is 12.8 Å². The molecule has 1 aliphatic rings. The van der Waals surface area contributed by atoms with E-state index in [9.17, 15) is 4.79 Å². The highest BCUT2D eigenvalue weighted by molar-refractivity contribution is 5.76. The highest BCUT2D eigenvalue weighted by atomic mass is 16.2. The Hall–Kier alpha value is -1.35. The molecule has 1 aromatic rings. The van der Waals surface area contributed by atoms with Gasteiger partial charge in [0.2, 0.25) is 5.91 Å². The molecule has 0 saturated heterocycles. The Morgan fingerprint density at radius 2 is 2.11 bits per heavy atom. The first-order valence-electron chi connectivity index (χ1n) is 7.13. The number of hydrogen-bond donors (Lipinski definition) is 1. The van der Waals surface area contributed by atoms with Crippen molar-refractivity contribution in [2.24, 2.45) is 11.7 Å². The molecule has 1 amide bonds. The predicted octanol–water partition coefficient (Wildman–Crippen LogP) is 2.12. The topological polar surface area (TPSA) is 46.3 Å². The van der Waals surface area contributed by atoms with Crippen LogP contribution in [0.5, 0.6) is 0 Å². The zero-order chi connectivity index (χ0) is 13.8. The second-order valence-corrected chi connectivity index (χ2v) is 5.57. The van der Waals surface area contributed by atoms with E-state index in [2.05, 4.69) is 19.1 Å². The maximum atomic E-state index is 12.2. The molecule has 104 valence electrons. The number of hydrogen-bond acceptors (Lipinski definition) is 2.